The SMILES string of the molecule is C#CCC(N)C(=O)Nc1ccc(OC)cc1C(F)(F)F. The van der Waals surface area contributed by atoms with Crippen LogP contribution in [0.5, 0.6) is 5.75 Å². The summed E-state index contributed by atoms with van der Waals surface area (Å²) in [5.41, 5.74) is 4.02. The zero-order valence-electron chi connectivity index (χ0n) is 10.6. The Morgan fingerprint density at radius 3 is 2.70 bits per heavy atom. The third kappa shape index (κ3) is 3.90. The predicted octanol–water partition coefficient (Wildman–Crippen LogP) is 2.00. The van der Waals surface area contributed by atoms with Gasteiger partial charge in [-0.25, -0.2) is 0 Å². The molecule has 108 valence electrons. The number of carbonyl (C=O) groups is 1. The Hall–Kier alpha value is -2.20. The molecule has 4 nitrogen and oxygen atoms in total. The van der Waals surface area contributed by atoms with E-state index in [1.165, 1.54) is 13.2 Å². The number of benzene rings is 1. The molecule has 0 radical (unpaired) electrons. The molecule has 1 aromatic carbocycles. The van der Waals surface area contributed by atoms with Crippen LogP contribution in [-0.2, 0) is 11.0 Å². The monoisotopic (exact) mass is 286 g/mol. The van der Waals surface area contributed by atoms with Gasteiger partial charge in [0.1, 0.15) is 5.75 Å². The van der Waals surface area contributed by atoms with Crippen LogP contribution in [0.4, 0.5) is 18.9 Å². The number of anilines is 1. The molecular formula is C13H13F3N2O2. The number of amides is 1. The Kier molecular flexibility index (Phi) is 5.00. The Balaban J connectivity index is 3.06. The molecule has 0 aliphatic heterocycles. The topological polar surface area (TPSA) is 64.4 Å². The van der Waals surface area contributed by atoms with Crippen LogP contribution in [0, 0.1) is 12.3 Å². The van der Waals surface area contributed by atoms with E-state index in [2.05, 4.69) is 11.2 Å². The van der Waals surface area contributed by atoms with Crippen molar-refractivity contribution in [2.75, 3.05) is 12.4 Å². The zero-order valence-corrected chi connectivity index (χ0v) is 10.6. The first-order valence-corrected chi connectivity index (χ1v) is 5.54. The van der Waals surface area contributed by atoms with Crippen molar-refractivity contribution in [3.05, 3.63) is 23.8 Å². The standard InChI is InChI=1S/C13H13F3N2O2/c1-3-4-10(17)12(19)18-11-6-5-8(20-2)7-9(11)13(14,15)16/h1,5-7,10H,4,17H2,2H3,(H,18,19). The molecule has 0 aliphatic rings. The summed E-state index contributed by atoms with van der Waals surface area (Å²) in [5, 5.41) is 2.12. The molecule has 0 saturated carbocycles. The van der Waals surface area contributed by atoms with Crippen LogP contribution in [0.3, 0.4) is 0 Å². The minimum Gasteiger partial charge on any atom is -0.497 e. The molecule has 1 rings (SSSR count). The van der Waals surface area contributed by atoms with Crippen molar-refractivity contribution >= 4 is 11.6 Å². The summed E-state index contributed by atoms with van der Waals surface area (Å²) in [6.07, 6.45) is 0.293. The molecule has 0 aliphatic carbocycles. The van der Waals surface area contributed by atoms with Gasteiger partial charge in [-0.3, -0.25) is 4.79 Å². The average Bonchev–Trinajstić information content (AvgIpc) is 2.38. The van der Waals surface area contributed by atoms with Crippen LogP contribution in [0.1, 0.15) is 12.0 Å². The molecule has 20 heavy (non-hydrogen) atoms. The summed E-state index contributed by atoms with van der Waals surface area (Å²) < 4.78 is 43.4. The molecule has 3 N–H and O–H groups in total. The Morgan fingerprint density at radius 2 is 2.20 bits per heavy atom. The number of carbonyl (C=O) groups excluding carboxylic acids is 1. The number of methoxy groups -OCH3 is 1. The lowest BCUT2D eigenvalue weighted by Gasteiger charge is -2.16. The molecule has 0 saturated heterocycles. The first-order chi connectivity index (χ1) is 9.29. The van der Waals surface area contributed by atoms with Crippen molar-refractivity contribution in [1.29, 1.82) is 0 Å². The average molecular weight is 286 g/mol. The van der Waals surface area contributed by atoms with Crippen LogP contribution in [0.2, 0.25) is 0 Å². The second-order valence-electron chi connectivity index (χ2n) is 3.91. The van der Waals surface area contributed by atoms with Crippen LogP contribution in [-0.4, -0.2) is 19.1 Å². The number of hydrogen-bond acceptors (Lipinski definition) is 3. The van der Waals surface area contributed by atoms with Gasteiger partial charge < -0.3 is 15.8 Å². The molecule has 7 heteroatoms. The Morgan fingerprint density at radius 1 is 1.55 bits per heavy atom. The van der Waals surface area contributed by atoms with Crippen molar-refractivity contribution < 1.29 is 22.7 Å². The van der Waals surface area contributed by atoms with Crippen LogP contribution >= 0.6 is 0 Å². The fourth-order valence-corrected chi connectivity index (χ4v) is 1.44. The summed E-state index contributed by atoms with van der Waals surface area (Å²) in [6, 6.07) is 2.13. The molecule has 0 heterocycles. The number of rotatable bonds is 4. The highest BCUT2D eigenvalue weighted by molar-refractivity contribution is 5.95. The third-order valence-corrected chi connectivity index (χ3v) is 2.46. The van der Waals surface area contributed by atoms with Gasteiger partial charge in [-0.05, 0) is 18.2 Å². The normalized spacial score (nSPS) is 12.4. The Bertz CT molecular complexity index is 535. The molecule has 1 unspecified atom stereocenters. The first kappa shape index (κ1) is 15.9. The number of nitrogens with two attached hydrogens (primary N) is 1. The van der Waals surface area contributed by atoms with E-state index in [0.717, 1.165) is 12.1 Å². The van der Waals surface area contributed by atoms with Crippen molar-refractivity contribution in [2.45, 2.75) is 18.6 Å². The zero-order chi connectivity index (χ0) is 15.3. The van der Waals surface area contributed by atoms with E-state index < -0.39 is 29.4 Å². The molecule has 0 bridgehead atoms. The van der Waals surface area contributed by atoms with Crippen molar-refractivity contribution in [1.82, 2.24) is 0 Å². The van der Waals surface area contributed by atoms with Gasteiger partial charge in [0.05, 0.1) is 24.4 Å². The highest BCUT2D eigenvalue weighted by Gasteiger charge is 2.34. The van der Waals surface area contributed by atoms with Crippen LogP contribution < -0.4 is 15.8 Å². The second kappa shape index (κ2) is 6.30. The Labute approximate surface area is 114 Å². The number of halogens is 3. The number of alkyl halides is 3. The molecule has 1 amide bonds. The number of ether oxygens (including phenoxy) is 1. The highest BCUT2D eigenvalue weighted by atomic mass is 19.4. The molecule has 0 spiro atoms. The molecular weight excluding hydrogens is 273 g/mol. The van der Waals surface area contributed by atoms with Gasteiger partial charge in [0.2, 0.25) is 5.91 Å². The fourth-order valence-electron chi connectivity index (χ4n) is 1.44. The number of hydrogen-bond donors (Lipinski definition) is 2. The lowest BCUT2D eigenvalue weighted by Crippen LogP contribution is -2.35. The van der Waals surface area contributed by atoms with Gasteiger partial charge in [-0.1, -0.05) is 0 Å². The fraction of sp³-hybridized carbons (Fsp3) is 0.308. The van der Waals surface area contributed by atoms with Gasteiger partial charge >= 0.3 is 6.18 Å². The van der Waals surface area contributed by atoms with E-state index in [1.54, 1.807) is 0 Å². The maximum Gasteiger partial charge on any atom is 0.418 e. The molecule has 1 atom stereocenters. The summed E-state index contributed by atoms with van der Waals surface area (Å²) in [7, 11) is 1.25. The number of nitrogens with one attached hydrogen (secondary N) is 1. The van der Waals surface area contributed by atoms with E-state index in [0.29, 0.717) is 0 Å². The first-order valence-electron chi connectivity index (χ1n) is 5.54. The van der Waals surface area contributed by atoms with E-state index in [4.69, 9.17) is 16.9 Å². The molecule has 0 aromatic heterocycles. The quantitative estimate of drug-likeness (QED) is 0.832. The molecule has 1 aromatic rings. The van der Waals surface area contributed by atoms with Crippen molar-refractivity contribution in [3.8, 4) is 18.1 Å². The summed E-state index contributed by atoms with van der Waals surface area (Å²) in [4.78, 5) is 11.6. The highest BCUT2D eigenvalue weighted by Crippen LogP contribution is 2.37. The summed E-state index contributed by atoms with van der Waals surface area (Å²) in [6.45, 7) is 0. The maximum absolute atomic E-state index is 12.9. The van der Waals surface area contributed by atoms with E-state index >= 15 is 0 Å². The minimum atomic E-state index is -4.63. The maximum atomic E-state index is 12.9. The largest absolute Gasteiger partial charge is 0.497 e. The predicted molar refractivity (Wildman–Crippen MR) is 68.1 cm³/mol. The molecule has 0 fully saturated rings. The van der Waals surface area contributed by atoms with Gasteiger partial charge in [0.25, 0.3) is 0 Å². The summed E-state index contributed by atoms with van der Waals surface area (Å²) >= 11 is 0. The van der Waals surface area contributed by atoms with Gasteiger partial charge in [-0.15, -0.1) is 12.3 Å². The third-order valence-electron chi connectivity index (χ3n) is 2.46. The van der Waals surface area contributed by atoms with Crippen molar-refractivity contribution in [2.24, 2.45) is 5.73 Å². The minimum absolute atomic E-state index is 0.0308. The van der Waals surface area contributed by atoms with Crippen LogP contribution in [0.25, 0.3) is 0 Å². The van der Waals surface area contributed by atoms with Gasteiger partial charge in [0, 0.05) is 6.42 Å². The van der Waals surface area contributed by atoms with Gasteiger partial charge in [-0.2, -0.15) is 13.2 Å². The lowest BCUT2D eigenvalue weighted by atomic mass is 10.1. The smallest absolute Gasteiger partial charge is 0.418 e. The van der Waals surface area contributed by atoms with Crippen molar-refractivity contribution in [3.63, 3.8) is 0 Å². The summed E-state index contributed by atoms with van der Waals surface area (Å²) in [5.74, 6) is 1.42. The van der Waals surface area contributed by atoms with E-state index in [1.807, 2.05) is 0 Å². The lowest BCUT2D eigenvalue weighted by molar-refractivity contribution is -0.137. The second-order valence-corrected chi connectivity index (χ2v) is 3.91. The van der Waals surface area contributed by atoms with E-state index in [-0.39, 0.29) is 12.2 Å². The van der Waals surface area contributed by atoms with Crippen LogP contribution in [0.15, 0.2) is 18.2 Å². The number of terminal acetylenes is 1. The van der Waals surface area contributed by atoms with Gasteiger partial charge in [0.15, 0.2) is 0 Å². The van der Waals surface area contributed by atoms with E-state index in [9.17, 15) is 18.0 Å².